The van der Waals surface area contributed by atoms with Gasteiger partial charge in [-0.2, -0.15) is 0 Å². The summed E-state index contributed by atoms with van der Waals surface area (Å²) in [6, 6.07) is 2.76. The fourth-order valence-corrected chi connectivity index (χ4v) is 2.71. The van der Waals surface area contributed by atoms with Gasteiger partial charge in [-0.25, -0.2) is 0 Å². The molecule has 0 amide bonds. The summed E-state index contributed by atoms with van der Waals surface area (Å²) in [6.07, 6.45) is 9.43. The summed E-state index contributed by atoms with van der Waals surface area (Å²) in [6.45, 7) is 2.11. The van der Waals surface area contributed by atoms with Crippen molar-refractivity contribution in [1.29, 1.82) is 0 Å². The predicted octanol–water partition coefficient (Wildman–Crippen LogP) is 2.84. The Kier molecular flexibility index (Phi) is 3.37. The molecule has 1 aliphatic carbocycles. The molecule has 1 aliphatic rings. The molecule has 2 nitrogen and oxygen atoms in total. The van der Waals surface area contributed by atoms with Crippen LogP contribution in [0.4, 0.5) is 0 Å². The van der Waals surface area contributed by atoms with Crippen molar-refractivity contribution < 1.29 is 0 Å². The molecular weight excluding hydrogens is 184 g/mol. The minimum atomic E-state index is 0.500. The molecule has 1 atom stereocenters. The van der Waals surface area contributed by atoms with E-state index in [1.165, 1.54) is 36.8 Å². The molecule has 2 heteroatoms. The summed E-state index contributed by atoms with van der Waals surface area (Å²) in [4.78, 5) is 4.28. The highest BCUT2D eigenvalue weighted by Crippen LogP contribution is 2.35. The van der Waals surface area contributed by atoms with Gasteiger partial charge in [-0.05, 0) is 43.9 Å². The molecule has 1 fully saturated rings. The largest absolute Gasteiger partial charge is 0.313 e. The van der Waals surface area contributed by atoms with Crippen molar-refractivity contribution in [3.63, 3.8) is 0 Å². The zero-order valence-electron chi connectivity index (χ0n) is 9.66. The van der Waals surface area contributed by atoms with Crippen LogP contribution >= 0.6 is 0 Å². The molecule has 0 aliphatic heterocycles. The van der Waals surface area contributed by atoms with E-state index in [0.717, 1.165) is 5.92 Å². The lowest BCUT2D eigenvalue weighted by Crippen LogP contribution is -2.23. The highest BCUT2D eigenvalue weighted by molar-refractivity contribution is 5.21. The van der Waals surface area contributed by atoms with Gasteiger partial charge in [-0.1, -0.05) is 18.9 Å². The number of aromatic nitrogens is 1. The Hall–Kier alpha value is -0.890. The third-order valence-corrected chi connectivity index (χ3v) is 3.44. The average Bonchev–Trinajstić information content (AvgIpc) is 2.72. The van der Waals surface area contributed by atoms with Crippen LogP contribution in [0.25, 0.3) is 0 Å². The predicted molar refractivity (Wildman–Crippen MR) is 62.7 cm³/mol. The second-order valence-corrected chi connectivity index (χ2v) is 4.61. The number of hydrogen-bond acceptors (Lipinski definition) is 2. The van der Waals surface area contributed by atoms with Crippen molar-refractivity contribution in [2.45, 2.75) is 38.6 Å². The average molecular weight is 204 g/mol. The first-order valence-electron chi connectivity index (χ1n) is 5.90. The lowest BCUT2D eigenvalue weighted by Gasteiger charge is -2.23. The van der Waals surface area contributed by atoms with Crippen molar-refractivity contribution in [2.24, 2.45) is 5.92 Å². The lowest BCUT2D eigenvalue weighted by atomic mass is 9.92. The molecule has 1 aromatic rings. The maximum absolute atomic E-state index is 4.28. The first-order valence-corrected chi connectivity index (χ1v) is 5.90. The van der Waals surface area contributed by atoms with E-state index in [0.29, 0.717) is 6.04 Å². The first kappa shape index (κ1) is 10.6. The van der Waals surface area contributed by atoms with Gasteiger partial charge in [-0.3, -0.25) is 4.98 Å². The topological polar surface area (TPSA) is 24.9 Å². The van der Waals surface area contributed by atoms with Crippen LogP contribution < -0.4 is 5.32 Å². The van der Waals surface area contributed by atoms with Crippen molar-refractivity contribution >= 4 is 0 Å². The van der Waals surface area contributed by atoms with Gasteiger partial charge in [-0.15, -0.1) is 0 Å². The van der Waals surface area contributed by atoms with Gasteiger partial charge >= 0.3 is 0 Å². The minimum absolute atomic E-state index is 0.500. The standard InChI is InChI=1S/C13H20N2/c1-10-7-12(9-15-8-10)13(14-2)11-5-3-4-6-11/h7-9,11,13-14H,3-6H2,1-2H3. The van der Waals surface area contributed by atoms with Gasteiger partial charge in [0.05, 0.1) is 0 Å². The van der Waals surface area contributed by atoms with Crippen LogP contribution in [0.3, 0.4) is 0 Å². The normalized spacial score (nSPS) is 19.3. The summed E-state index contributed by atoms with van der Waals surface area (Å²) in [5, 5.41) is 3.45. The van der Waals surface area contributed by atoms with E-state index in [1.54, 1.807) is 0 Å². The molecule has 0 radical (unpaired) electrons. The van der Waals surface area contributed by atoms with Gasteiger partial charge < -0.3 is 5.32 Å². The Morgan fingerprint density at radius 3 is 2.67 bits per heavy atom. The molecule has 1 aromatic heterocycles. The molecule has 1 unspecified atom stereocenters. The van der Waals surface area contributed by atoms with Gasteiger partial charge in [0.15, 0.2) is 0 Å². The summed E-state index contributed by atoms with van der Waals surface area (Å²) >= 11 is 0. The maximum Gasteiger partial charge on any atom is 0.0361 e. The Bertz CT molecular complexity index is 316. The van der Waals surface area contributed by atoms with Crippen LogP contribution in [0, 0.1) is 12.8 Å². The molecular formula is C13H20N2. The number of pyridine rings is 1. The van der Waals surface area contributed by atoms with Crippen LogP contribution in [0.5, 0.6) is 0 Å². The Morgan fingerprint density at radius 2 is 2.07 bits per heavy atom. The summed E-state index contributed by atoms with van der Waals surface area (Å²) < 4.78 is 0. The van der Waals surface area contributed by atoms with Gasteiger partial charge in [0.25, 0.3) is 0 Å². The van der Waals surface area contributed by atoms with E-state index >= 15 is 0 Å². The molecule has 2 rings (SSSR count). The van der Waals surface area contributed by atoms with Crippen LogP contribution in [0.2, 0.25) is 0 Å². The number of rotatable bonds is 3. The van der Waals surface area contributed by atoms with Crippen LogP contribution in [0.1, 0.15) is 42.9 Å². The zero-order chi connectivity index (χ0) is 10.7. The highest BCUT2D eigenvalue weighted by atomic mass is 14.9. The van der Waals surface area contributed by atoms with E-state index in [-0.39, 0.29) is 0 Å². The number of hydrogen-bond donors (Lipinski definition) is 1. The van der Waals surface area contributed by atoms with Crippen molar-refractivity contribution in [2.75, 3.05) is 7.05 Å². The molecule has 82 valence electrons. The summed E-state index contributed by atoms with van der Waals surface area (Å²) in [5.74, 6) is 0.804. The molecule has 1 saturated carbocycles. The molecule has 0 spiro atoms. The lowest BCUT2D eigenvalue weighted by molar-refractivity contribution is 0.389. The Balaban J connectivity index is 2.18. The molecule has 1 N–H and O–H groups in total. The van der Waals surface area contributed by atoms with E-state index in [1.807, 2.05) is 12.4 Å². The second-order valence-electron chi connectivity index (χ2n) is 4.61. The van der Waals surface area contributed by atoms with Crippen LogP contribution in [-0.4, -0.2) is 12.0 Å². The van der Waals surface area contributed by atoms with Crippen molar-refractivity contribution in [1.82, 2.24) is 10.3 Å². The molecule has 1 heterocycles. The third-order valence-electron chi connectivity index (χ3n) is 3.44. The van der Waals surface area contributed by atoms with E-state index in [4.69, 9.17) is 0 Å². The fraction of sp³-hybridized carbons (Fsp3) is 0.615. The fourth-order valence-electron chi connectivity index (χ4n) is 2.71. The SMILES string of the molecule is CNC(c1cncc(C)c1)C1CCCC1. The maximum atomic E-state index is 4.28. The molecule has 0 aromatic carbocycles. The Labute approximate surface area is 92.1 Å². The van der Waals surface area contributed by atoms with Gasteiger partial charge in [0.2, 0.25) is 0 Å². The van der Waals surface area contributed by atoms with Gasteiger partial charge in [0, 0.05) is 18.4 Å². The van der Waals surface area contributed by atoms with Crippen molar-refractivity contribution in [3.8, 4) is 0 Å². The monoisotopic (exact) mass is 204 g/mol. The number of nitrogens with zero attached hydrogens (tertiary/aromatic N) is 1. The molecule has 0 bridgehead atoms. The van der Waals surface area contributed by atoms with E-state index in [9.17, 15) is 0 Å². The van der Waals surface area contributed by atoms with E-state index < -0.39 is 0 Å². The quantitative estimate of drug-likeness (QED) is 0.819. The summed E-state index contributed by atoms with van der Waals surface area (Å²) in [7, 11) is 2.06. The third kappa shape index (κ3) is 2.37. The smallest absolute Gasteiger partial charge is 0.0361 e. The molecule has 15 heavy (non-hydrogen) atoms. The van der Waals surface area contributed by atoms with Crippen molar-refractivity contribution in [3.05, 3.63) is 29.6 Å². The Morgan fingerprint density at radius 1 is 1.33 bits per heavy atom. The van der Waals surface area contributed by atoms with Gasteiger partial charge in [0.1, 0.15) is 0 Å². The first-order chi connectivity index (χ1) is 7.31. The number of aryl methyl sites for hydroxylation is 1. The van der Waals surface area contributed by atoms with Crippen LogP contribution in [-0.2, 0) is 0 Å². The highest BCUT2D eigenvalue weighted by Gasteiger charge is 2.25. The van der Waals surface area contributed by atoms with E-state index in [2.05, 4.69) is 30.3 Å². The summed E-state index contributed by atoms with van der Waals surface area (Å²) in [5.41, 5.74) is 2.61. The zero-order valence-corrected chi connectivity index (χ0v) is 9.66. The second kappa shape index (κ2) is 4.75. The number of nitrogens with one attached hydrogen (secondary N) is 1. The van der Waals surface area contributed by atoms with Crippen LogP contribution in [0.15, 0.2) is 18.5 Å². The molecule has 0 saturated heterocycles. The minimum Gasteiger partial charge on any atom is -0.313 e.